The van der Waals surface area contributed by atoms with Crippen LogP contribution in [0.15, 0.2) is 59.7 Å². The summed E-state index contributed by atoms with van der Waals surface area (Å²) in [4.78, 5) is 24.5. The topological polar surface area (TPSA) is 97.7 Å². The van der Waals surface area contributed by atoms with Crippen LogP contribution < -0.4 is 14.2 Å². The van der Waals surface area contributed by atoms with Crippen molar-refractivity contribution in [1.29, 1.82) is 0 Å². The average molecular weight is 507 g/mol. The summed E-state index contributed by atoms with van der Waals surface area (Å²) in [5.41, 5.74) is 2.03. The molecule has 2 atom stereocenters. The van der Waals surface area contributed by atoms with E-state index in [9.17, 15) is 14.7 Å². The molecule has 2 aromatic carbocycles. The van der Waals surface area contributed by atoms with Crippen LogP contribution in [0.25, 0.3) is 0 Å². The molecule has 1 aliphatic carbocycles. The lowest BCUT2D eigenvalue weighted by molar-refractivity contribution is -0.137. The molecular formula is C29H34N2O6. The number of carbonyl (C=O) groups excluding carboxylic acids is 1. The number of amides is 1. The van der Waals surface area contributed by atoms with Crippen LogP contribution in [-0.2, 0) is 4.79 Å². The van der Waals surface area contributed by atoms with Gasteiger partial charge in [-0.3, -0.25) is 4.79 Å². The van der Waals surface area contributed by atoms with E-state index >= 15 is 0 Å². The highest BCUT2D eigenvalue weighted by Gasteiger charge is 2.39. The zero-order valence-electron chi connectivity index (χ0n) is 21.4. The van der Waals surface area contributed by atoms with Crippen LogP contribution in [0.3, 0.4) is 0 Å². The number of rotatable bonds is 12. The molecule has 4 rings (SSSR count). The number of hydrogen-bond donors (Lipinski definition) is 1. The van der Waals surface area contributed by atoms with Gasteiger partial charge in [-0.25, -0.2) is 9.80 Å². The van der Waals surface area contributed by atoms with Gasteiger partial charge in [-0.05, 0) is 62.4 Å². The highest BCUT2D eigenvalue weighted by Crippen LogP contribution is 2.37. The molecule has 0 saturated heterocycles. The van der Waals surface area contributed by atoms with Gasteiger partial charge < -0.3 is 19.3 Å². The first-order valence-corrected chi connectivity index (χ1v) is 12.8. The van der Waals surface area contributed by atoms with Crippen LogP contribution in [0.4, 0.5) is 0 Å². The number of ether oxygens (including phenoxy) is 3. The van der Waals surface area contributed by atoms with E-state index in [0.717, 1.165) is 49.8 Å². The molecule has 1 N–H and O–H groups in total. The van der Waals surface area contributed by atoms with E-state index in [2.05, 4.69) is 12.2 Å². The third-order valence-corrected chi connectivity index (χ3v) is 6.90. The van der Waals surface area contributed by atoms with E-state index in [1.54, 1.807) is 37.4 Å². The molecule has 2 aliphatic rings. The third-order valence-electron chi connectivity index (χ3n) is 6.90. The van der Waals surface area contributed by atoms with E-state index in [-0.39, 0.29) is 23.3 Å². The molecule has 196 valence electrons. The number of carbonyl (C=O) groups is 2. The lowest BCUT2D eigenvalue weighted by atomic mass is 9.76. The Labute approximate surface area is 217 Å². The van der Waals surface area contributed by atoms with Crippen molar-refractivity contribution in [2.24, 2.45) is 16.9 Å². The zero-order valence-corrected chi connectivity index (χ0v) is 21.4. The molecule has 0 saturated carbocycles. The van der Waals surface area contributed by atoms with E-state index in [0.29, 0.717) is 30.4 Å². The molecule has 37 heavy (non-hydrogen) atoms. The van der Waals surface area contributed by atoms with Crippen LogP contribution >= 0.6 is 0 Å². The molecule has 1 amide bonds. The van der Waals surface area contributed by atoms with Crippen molar-refractivity contribution in [2.75, 3.05) is 27.4 Å². The van der Waals surface area contributed by atoms with E-state index in [1.807, 2.05) is 18.2 Å². The molecule has 0 fully saturated rings. The molecule has 0 aromatic heterocycles. The Kier molecular flexibility index (Phi) is 8.82. The number of methoxy groups -OCH3 is 2. The largest absolute Gasteiger partial charge is 0.493 e. The predicted molar refractivity (Wildman–Crippen MR) is 141 cm³/mol. The van der Waals surface area contributed by atoms with Gasteiger partial charge in [0.15, 0.2) is 11.5 Å². The highest BCUT2D eigenvalue weighted by molar-refractivity contribution is 6.07. The molecule has 1 aliphatic heterocycles. The summed E-state index contributed by atoms with van der Waals surface area (Å²) in [7, 11) is 3.22. The van der Waals surface area contributed by atoms with E-state index in [1.165, 1.54) is 6.07 Å². The summed E-state index contributed by atoms with van der Waals surface area (Å²) in [5.74, 6) is 0.735. The average Bonchev–Trinajstić information content (AvgIpc) is 2.93. The van der Waals surface area contributed by atoms with Crippen LogP contribution in [0, 0.1) is 11.8 Å². The minimum Gasteiger partial charge on any atom is -0.493 e. The molecule has 0 unspecified atom stereocenters. The smallest absolute Gasteiger partial charge is 0.339 e. The second kappa shape index (κ2) is 12.4. The van der Waals surface area contributed by atoms with Crippen molar-refractivity contribution in [3.8, 4) is 17.2 Å². The Hall–Kier alpha value is -3.81. The van der Waals surface area contributed by atoms with Gasteiger partial charge in [0.2, 0.25) is 5.91 Å². The van der Waals surface area contributed by atoms with Crippen molar-refractivity contribution in [3.05, 3.63) is 65.7 Å². The maximum absolute atomic E-state index is 13.2. The number of unbranched alkanes of at least 4 members (excludes halogenated alkanes) is 3. The van der Waals surface area contributed by atoms with Crippen molar-refractivity contribution in [2.45, 2.75) is 38.5 Å². The van der Waals surface area contributed by atoms with Crippen LogP contribution in [-0.4, -0.2) is 55.1 Å². The highest BCUT2D eigenvalue weighted by atomic mass is 16.5. The van der Waals surface area contributed by atoms with Crippen molar-refractivity contribution in [3.63, 3.8) is 0 Å². The van der Waals surface area contributed by atoms with Gasteiger partial charge in [-0.1, -0.05) is 30.7 Å². The molecule has 1 heterocycles. The summed E-state index contributed by atoms with van der Waals surface area (Å²) in [5, 5.41) is 15.7. The Morgan fingerprint density at radius 1 is 0.946 bits per heavy atom. The SMILES string of the molecule is COc1ccc(C2=NN(CCCCCCOc3ccccc3C(=O)O)C(=O)[C@@H]3CC=CC[C@H]23)cc1OC. The van der Waals surface area contributed by atoms with Crippen molar-refractivity contribution in [1.82, 2.24) is 5.01 Å². The van der Waals surface area contributed by atoms with Gasteiger partial charge in [0.1, 0.15) is 11.3 Å². The first kappa shape index (κ1) is 26.3. The molecule has 0 bridgehead atoms. The summed E-state index contributed by atoms with van der Waals surface area (Å²) in [6.45, 7) is 1.01. The second-order valence-corrected chi connectivity index (χ2v) is 9.24. The van der Waals surface area contributed by atoms with E-state index in [4.69, 9.17) is 19.3 Å². The maximum atomic E-state index is 13.2. The Morgan fingerprint density at radius 2 is 1.68 bits per heavy atom. The fourth-order valence-corrected chi connectivity index (χ4v) is 4.93. The first-order chi connectivity index (χ1) is 18.0. The predicted octanol–water partition coefficient (Wildman–Crippen LogP) is 5.17. The molecule has 0 spiro atoms. The number of fused-ring (bicyclic) bond motifs is 1. The van der Waals surface area contributed by atoms with Gasteiger partial charge in [0.05, 0.1) is 32.5 Å². The number of nitrogens with zero attached hydrogens (tertiary/aromatic N) is 2. The monoisotopic (exact) mass is 506 g/mol. The van der Waals surface area contributed by atoms with E-state index < -0.39 is 5.97 Å². The number of allylic oxidation sites excluding steroid dienone is 2. The van der Waals surface area contributed by atoms with Crippen LogP contribution in [0.5, 0.6) is 17.2 Å². The Balaban J connectivity index is 1.34. The third kappa shape index (κ3) is 6.13. The molecule has 2 aromatic rings. The first-order valence-electron chi connectivity index (χ1n) is 12.8. The number of carboxylic acid groups (broad SMARTS) is 1. The fourth-order valence-electron chi connectivity index (χ4n) is 4.93. The quantitative estimate of drug-likeness (QED) is 0.315. The maximum Gasteiger partial charge on any atom is 0.339 e. The summed E-state index contributed by atoms with van der Waals surface area (Å²) < 4.78 is 16.6. The fraction of sp³-hybridized carbons (Fsp3) is 0.414. The van der Waals surface area contributed by atoms with Gasteiger partial charge in [-0.15, -0.1) is 0 Å². The lowest BCUT2D eigenvalue weighted by Gasteiger charge is -2.37. The minimum atomic E-state index is -0.995. The normalized spacial score (nSPS) is 18.7. The van der Waals surface area contributed by atoms with Crippen molar-refractivity contribution < 1.29 is 28.9 Å². The van der Waals surface area contributed by atoms with Gasteiger partial charge in [-0.2, -0.15) is 5.10 Å². The Morgan fingerprint density at radius 3 is 2.43 bits per heavy atom. The van der Waals surface area contributed by atoms with Crippen LogP contribution in [0.2, 0.25) is 0 Å². The number of aromatic carboxylic acids is 1. The number of hydrazone groups is 1. The molecule has 8 nitrogen and oxygen atoms in total. The summed E-state index contributed by atoms with van der Waals surface area (Å²) in [6.07, 6.45) is 9.21. The number of carboxylic acids is 1. The van der Waals surface area contributed by atoms with Crippen LogP contribution in [0.1, 0.15) is 54.4 Å². The standard InChI is InChI=1S/C29H34N2O6/c1-35-25-16-15-20(19-26(25)36-2)27-21-11-5-6-12-22(21)28(32)31(30-27)17-9-3-4-10-18-37-24-14-8-7-13-23(24)29(33)34/h5-8,13-16,19,21-22H,3-4,9-12,17-18H2,1-2H3,(H,33,34)/t21-,22+/m0/s1. The second-order valence-electron chi connectivity index (χ2n) is 9.24. The molecule has 8 heteroatoms. The Bertz CT molecular complexity index is 1170. The zero-order chi connectivity index (χ0) is 26.2. The van der Waals surface area contributed by atoms with Gasteiger partial charge in [0.25, 0.3) is 0 Å². The number of para-hydroxylation sites is 1. The number of benzene rings is 2. The molecule has 0 radical (unpaired) electrons. The molecular weight excluding hydrogens is 472 g/mol. The minimum absolute atomic E-state index is 0.0534. The number of hydrogen-bond acceptors (Lipinski definition) is 6. The van der Waals surface area contributed by atoms with Gasteiger partial charge in [0, 0.05) is 18.0 Å². The summed E-state index contributed by atoms with van der Waals surface area (Å²) in [6, 6.07) is 12.4. The van der Waals surface area contributed by atoms with Gasteiger partial charge >= 0.3 is 5.97 Å². The lowest BCUT2D eigenvalue weighted by Crippen LogP contribution is -2.45. The summed E-state index contributed by atoms with van der Waals surface area (Å²) >= 11 is 0. The van der Waals surface area contributed by atoms with Crippen molar-refractivity contribution >= 4 is 17.6 Å².